The van der Waals surface area contributed by atoms with Crippen molar-refractivity contribution in [3.8, 4) is 0 Å². The summed E-state index contributed by atoms with van der Waals surface area (Å²) < 4.78 is 0. The fourth-order valence-corrected chi connectivity index (χ4v) is 4.07. The number of non-ortho nitro benzene ring substituents is 1. The van der Waals surface area contributed by atoms with E-state index in [1.807, 2.05) is 36.1 Å². The Morgan fingerprint density at radius 1 is 1.07 bits per heavy atom. The Labute approximate surface area is 167 Å². The number of rotatable bonds is 5. The number of hydrogen-bond acceptors (Lipinski definition) is 5. The molecule has 0 radical (unpaired) electrons. The molecule has 0 aromatic heterocycles. The molecule has 142 valence electrons. The second kappa shape index (κ2) is 8.63. The van der Waals surface area contributed by atoms with Crippen LogP contribution in [0.3, 0.4) is 0 Å². The second-order valence-electron chi connectivity index (χ2n) is 6.30. The monoisotopic (exact) mass is 405 g/mol. The summed E-state index contributed by atoms with van der Waals surface area (Å²) in [4.78, 5) is 28.1. The molecule has 1 aliphatic rings. The van der Waals surface area contributed by atoms with Crippen LogP contribution < -0.4 is 4.90 Å². The maximum absolute atomic E-state index is 12.7. The molecule has 6 nitrogen and oxygen atoms in total. The molecule has 2 aromatic rings. The van der Waals surface area contributed by atoms with E-state index in [4.69, 9.17) is 11.6 Å². The molecule has 3 rings (SSSR count). The van der Waals surface area contributed by atoms with Crippen LogP contribution in [0.4, 0.5) is 11.4 Å². The molecule has 27 heavy (non-hydrogen) atoms. The highest BCUT2D eigenvalue weighted by atomic mass is 35.5. The maximum Gasteiger partial charge on any atom is 0.269 e. The van der Waals surface area contributed by atoms with Crippen molar-refractivity contribution in [3.63, 3.8) is 0 Å². The van der Waals surface area contributed by atoms with Crippen molar-refractivity contribution in [2.24, 2.45) is 0 Å². The molecule has 0 unspecified atom stereocenters. The van der Waals surface area contributed by atoms with E-state index in [9.17, 15) is 14.9 Å². The molecule has 0 spiro atoms. The molecular weight excluding hydrogens is 386 g/mol. The predicted octanol–water partition coefficient (Wildman–Crippen LogP) is 4.08. The van der Waals surface area contributed by atoms with Crippen LogP contribution in [0, 0.1) is 10.1 Å². The van der Waals surface area contributed by atoms with Crippen LogP contribution in [0.5, 0.6) is 0 Å². The molecule has 1 atom stereocenters. The lowest BCUT2D eigenvalue weighted by molar-refractivity contribution is -0.384. The van der Waals surface area contributed by atoms with Gasteiger partial charge in [-0.3, -0.25) is 14.9 Å². The fourth-order valence-electron chi connectivity index (χ4n) is 3.00. The molecule has 1 saturated heterocycles. The van der Waals surface area contributed by atoms with Gasteiger partial charge in [-0.25, -0.2) is 0 Å². The largest absolute Gasteiger partial charge is 0.368 e. The third-order valence-electron chi connectivity index (χ3n) is 4.49. The number of amides is 1. The van der Waals surface area contributed by atoms with Crippen molar-refractivity contribution < 1.29 is 9.72 Å². The van der Waals surface area contributed by atoms with Gasteiger partial charge in [-0.15, -0.1) is 11.8 Å². The standard InChI is InChI=1S/C19H20ClN3O3S/c1-14(27-18-8-2-15(20)3-9-18)19(24)22-12-10-21(11-13-22)16-4-6-17(7-5-16)23(25)26/h2-9,14H,10-13H2,1H3/t14-/m0/s1. The molecule has 1 fully saturated rings. The van der Waals surface area contributed by atoms with Gasteiger partial charge in [-0.05, 0) is 43.3 Å². The number of carbonyl (C=O) groups is 1. The molecule has 2 aromatic carbocycles. The summed E-state index contributed by atoms with van der Waals surface area (Å²) in [5.41, 5.74) is 1.02. The highest BCUT2D eigenvalue weighted by Gasteiger charge is 2.25. The Morgan fingerprint density at radius 2 is 1.67 bits per heavy atom. The molecule has 1 amide bonds. The minimum Gasteiger partial charge on any atom is -0.368 e. The number of halogens is 1. The summed E-state index contributed by atoms with van der Waals surface area (Å²) in [5.74, 6) is 0.123. The Balaban J connectivity index is 1.54. The third-order valence-corrected chi connectivity index (χ3v) is 5.84. The quantitative estimate of drug-likeness (QED) is 0.426. The van der Waals surface area contributed by atoms with Crippen LogP contribution in [0.2, 0.25) is 5.02 Å². The molecule has 0 aliphatic carbocycles. The lowest BCUT2D eigenvalue weighted by atomic mass is 10.2. The van der Waals surface area contributed by atoms with E-state index in [0.717, 1.165) is 10.6 Å². The second-order valence-corrected chi connectivity index (χ2v) is 8.15. The number of piperazine rings is 1. The number of benzene rings is 2. The maximum atomic E-state index is 12.7. The first-order valence-electron chi connectivity index (χ1n) is 8.64. The van der Waals surface area contributed by atoms with E-state index in [-0.39, 0.29) is 16.8 Å². The lowest BCUT2D eigenvalue weighted by Crippen LogP contribution is -2.50. The molecule has 0 N–H and O–H groups in total. The highest BCUT2D eigenvalue weighted by Crippen LogP contribution is 2.27. The lowest BCUT2D eigenvalue weighted by Gasteiger charge is -2.37. The Hall–Kier alpha value is -2.25. The summed E-state index contributed by atoms with van der Waals surface area (Å²) in [6.07, 6.45) is 0. The van der Waals surface area contributed by atoms with Gasteiger partial charge in [0.05, 0.1) is 10.2 Å². The smallest absolute Gasteiger partial charge is 0.269 e. The van der Waals surface area contributed by atoms with Gasteiger partial charge in [0.15, 0.2) is 0 Å². The molecule has 8 heteroatoms. The number of nitro groups is 1. The Kier molecular flexibility index (Phi) is 6.23. The van der Waals surface area contributed by atoms with Crippen LogP contribution in [-0.4, -0.2) is 47.2 Å². The van der Waals surface area contributed by atoms with E-state index in [1.165, 1.54) is 23.9 Å². The van der Waals surface area contributed by atoms with Crippen LogP contribution >= 0.6 is 23.4 Å². The van der Waals surface area contributed by atoms with Crippen molar-refractivity contribution in [1.82, 2.24) is 4.90 Å². The zero-order valence-electron chi connectivity index (χ0n) is 14.9. The summed E-state index contributed by atoms with van der Waals surface area (Å²) in [6, 6.07) is 14.0. The average Bonchev–Trinajstić information content (AvgIpc) is 2.69. The summed E-state index contributed by atoms with van der Waals surface area (Å²) >= 11 is 7.43. The number of thioether (sulfide) groups is 1. The first-order valence-corrected chi connectivity index (χ1v) is 9.90. The molecule has 0 saturated carbocycles. The van der Waals surface area contributed by atoms with Gasteiger partial charge in [-0.2, -0.15) is 0 Å². The van der Waals surface area contributed by atoms with Crippen molar-refractivity contribution in [1.29, 1.82) is 0 Å². The van der Waals surface area contributed by atoms with E-state index in [2.05, 4.69) is 4.90 Å². The van der Waals surface area contributed by atoms with Crippen LogP contribution in [0.1, 0.15) is 6.92 Å². The first-order chi connectivity index (χ1) is 12.9. The number of nitrogens with zero attached hydrogens (tertiary/aromatic N) is 3. The van der Waals surface area contributed by atoms with Gasteiger partial charge in [0.1, 0.15) is 0 Å². The van der Waals surface area contributed by atoms with Crippen molar-refractivity contribution >= 4 is 40.6 Å². The molecular formula is C19H20ClN3O3S. The van der Waals surface area contributed by atoms with Crippen molar-refractivity contribution in [2.45, 2.75) is 17.1 Å². The number of nitro benzene ring substituents is 1. The zero-order valence-corrected chi connectivity index (χ0v) is 16.4. The van der Waals surface area contributed by atoms with E-state index < -0.39 is 4.92 Å². The van der Waals surface area contributed by atoms with Crippen LogP contribution in [0.15, 0.2) is 53.4 Å². The average molecular weight is 406 g/mol. The van der Waals surface area contributed by atoms with E-state index in [0.29, 0.717) is 31.2 Å². The molecule has 1 heterocycles. The number of anilines is 1. The summed E-state index contributed by atoms with van der Waals surface area (Å²) in [5, 5.41) is 11.3. The summed E-state index contributed by atoms with van der Waals surface area (Å²) in [7, 11) is 0. The molecule has 1 aliphatic heterocycles. The van der Waals surface area contributed by atoms with Crippen molar-refractivity contribution in [3.05, 3.63) is 63.7 Å². The first kappa shape index (κ1) is 19.5. The SMILES string of the molecule is C[C@H](Sc1ccc(Cl)cc1)C(=O)N1CCN(c2ccc([N+](=O)[O-])cc2)CC1. The minimum atomic E-state index is -0.403. The van der Waals surface area contributed by atoms with Gasteiger partial charge in [0.2, 0.25) is 5.91 Å². The zero-order chi connectivity index (χ0) is 19.4. The van der Waals surface area contributed by atoms with Gasteiger partial charge >= 0.3 is 0 Å². The minimum absolute atomic E-state index is 0.0839. The van der Waals surface area contributed by atoms with Gasteiger partial charge in [0, 0.05) is 53.9 Å². The van der Waals surface area contributed by atoms with E-state index >= 15 is 0 Å². The Morgan fingerprint density at radius 3 is 2.22 bits per heavy atom. The van der Waals surface area contributed by atoms with E-state index in [1.54, 1.807) is 12.1 Å². The Bertz CT molecular complexity index is 806. The number of carbonyl (C=O) groups excluding carboxylic acids is 1. The van der Waals surface area contributed by atoms with Gasteiger partial charge in [-0.1, -0.05) is 11.6 Å². The van der Waals surface area contributed by atoms with Crippen molar-refractivity contribution in [2.75, 3.05) is 31.1 Å². The van der Waals surface area contributed by atoms with Gasteiger partial charge in [0.25, 0.3) is 5.69 Å². The molecule has 0 bridgehead atoms. The highest BCUT2D eigenvalue weighted by molar-refractivity contribution is 8.00. The normalized spacial score (nSPS) is 15.5. The van der Waals surface area contributed by atoms with Crippen LogP contribution in [0.25, 0.3) is 0 Å². The van der Waals surface area contributed by atoms with Gasteiger partial charge < -0.3 is 9.80 Å². The topological polar surface area (TPSA) is 66.7 Å². The number of hydrogen-bond donors (Lipinski definition) is 0. The fraction of sp³-hybridized carbons (Fsp3) is 0.316. The third kappa shape index (κ3) is 4.93. The predicted molar refractivity (Wildman–Crippen MR) is 109 cm³/mol. The van der Waals surface area contributed by atoms with Crippen LogP contribution in [-0.2, 0) is 4.79 Å². The summed E-state index contributed by atoms with van der Waals surface area (Å²) in [6.45, 7) is 4.62.